The van der Waals surface area contributed by atoms with Gasteiger partial charge in [0.25, 0.3) is 5.91 Å². The largest absolute Gasteiger partial charge is 0.508 e. The van der Waals surface area contributed by atoms with Gasteiger partial charge in [-0.2, -0.15) is 0 Å². The summed E-state index contributed by atoms with van der Waals surface area (Å²) in [6.07, 6.45) is 5.76. The summed E-state index contributed by atoms with van der Waals surface area (Å²) in [5.41, 5.74) is 6.19. The number of aromatic amines is 1. The van der Waals surface area contributed by atoms with Crippen LogP contribution in [0.5, 0.6) is 5.75 Å². The van der Waals surface area contributed by atoms with Crippen LogP contribution in [-0.2, 0) is 13.0 Å². The Morgan fingerprint density at radius 2 is 1.79 bits per heavy atom. The number of aromatic nitrogens is 1. The minimum atomic E-state index is -0.0477. The molecule has 4 aromatic rings. The second-order valence-electron chi connectivity index (χ2n) is 8.40. The zero-order chi connectivity index (χ0) is 23.8. The average molecular weight is 454 g/mol. The number of phenols is 1. The van der Waals surface area contributed by atoms with Crippen molar-refractivity contribution < 1.29 is 9.90 Å². The third-order valence-electron chi connectivity index (χ3n) is 5.94. The van der Waals surface area contributed by atoms with Gasteiger partial charge in [0.15, 0.2) is 0 Å². The van der Waals surface area contributed by atoms with Crippen LogP contribution in [0, 0.1) is 6.92 Å². The number of phenolic OH excluding ortho intramolecular Hbond substituents is 1. The number of amides is 1. The summed E-state index contributed by atoms with van der Waals surface area (Å²) in [4.78, 5) is 16.1. The molecule has 5 nitrogen and oxygen atoms in total. The zero-order valence-electron chi connectivity index (χ0n) is 19.5. The first-order valence-electron chi connectivity index (χ1n) is 11.7. The number of hydrogen-bond acceptors (Lipinski definition) is 3. The fourth-order valence-electron chi connectivity index (χ4n) is 4.17. The van der Waals surface area contributed by atoms with Crippen molar-refractivity contribution >= 4 is 22.9 Å². The monoisotopic (exact) mass is 453 g/mol. The van der Waals surface area contributed by atoms with Crippen molar-refractivity contribution in [2.24, 2.45) is 0 Å². The van der Waals surface area contributed by atoms with E-state index in [1.54, 1.807) is 6.07 Å². The lowest BCUT2D eigenvalue weighted by Crippen LogP contribution is -2.26. The Labute approximate surface area is 200 Å². The van der Waals surface area contributed by atoms with Crippen LogP contribution in [0.4, 0.5) is 0 Å². The van der Waals surface area contributed by atoms with Gasteiger partial charge in [-0.25, -0.2) is 0 Å². The van der Waals surface area contributed by atoms with Crippen molar-refractivity contribution in [2.75, 3.05) is 13.1 Å². The first-order chi connectivity index (χ1) is 16.6. The Bertz CT molecular complexity index is 1280. The van der Waals surface area contributed by atoms with Crippen LogP contribution < -0.4 is 10.6 Å². The highest BCUT2D eigenvalue weighted by atomic mass is 16.3. The lowest BCUT2D eigenvalue weighted by atomic mass is 10.1. The Morgan fingerprint density at radius 3 is 2.65 bits per heavy atom. The highest BCUT2D eigenvalue weighted by molar-refractivity contribution is 5.95. The maximum Gasteiger partial charge on any atom is 0.251 e. The van der Waals surface area contributed by atoms with E-state index in [0.717, 1.165) is 47.1 Å². The molecule has 0 aliphatic carbocycles. The summed E-state index contributed by atoms with van der Waals surface area (Å²) in [5.74, 6) is 0.227. The predicted molar refractivity (Wildman–Crippen MR) is 139 cm³/mol. The molecule has 0 radical (unpaired) electrons. The molecule has 0 spiro atoms. The molecular formula is C29H31N3O2. The molecule has 0 saturated heterocycles. The molecule has 1 amide bonds. The van der Waals surface area contributed by atoms with Crippen LogP contribution >= 0.6 is 0 Å². The summed E-state index contributed by atoms with van der Waals surface area (Å²) < 4.78 is 0. The fraction of sp³-hybridized carbons (Fsp3) is 0.207. The Hall–Kier alpha value is -3.83. The number of benzene rings is 3. The summed E-state index contributed by atoms with van der Waals surface area (Å²) >= 11 is 0. The molecule has 0 fully saturated rings. The number of fused-ring (bicyclic) bond motifs is 1. The number of aryl methyl sites for hydroxylation is 1. The van der Waals surface area contributed by atoms with Gasteiger partial charge in [-0.05, 0) is 67.3 Å². The lowest BCUT2D eigenvalue weighted by Gasteiger charge is -2.11. The minimum Gasteiger partial charge on any atom is -0.508 e. The van der Waals surface area contributed by atoms with Crippen LogP contribution in [-0.4, -0.2) is 29.1 Å². The number of rotatable bonds is 10. The van der Waals surface area contributed by atoms with Crippen molar-refractivity contribution in [2.45, 2.75) is 26.3 Å². The van der Waals surface area contributed by atoms with Crippen molar-refractivity contribution in [1.29, 1.82) is 0 Å². The molecule has 0 aliphatic heterocycles. The molecule has 5 heteroatoms. The maximum absolute atomic E-state index is 12.8. The maximum atomic E-state index is 12.8. The number of hydrogen-bond donors (Lipinski definition) is 4. The Morgan fingerprint density at radius 1 is 1.00 bits per heavy atom. The SMILES string of the molecule is Cc1[nH]c2ccc(O)cc2c1CCNCc1ccccc1C(=O)NCCC=Cc1ccccc1. The summed E-state index contributed by atoms with van der Waals surface area (Å²) in [6.45, 7) is 4.03. The molecule has 1 aromatic heterocycles. The van der Waals surface area contributed by atoms with Gasteiger partial charge in [-0.15, -0.1) is 0 Å². The van der Waals surface area contributed by atoms with Crippen LogP contribution in [0.15, 0.2) is 78.9 Å². The second kappa shape index (κ2) is 11.3. The quantitative estimate of drug-likeness (QED) is 0.245. The second-order valence-corrected chi connectivity index (χ2v) is 8.40. The molecular weight excluding hydrogens is 422 g/mol. The molecule has 0 atom stereocenters. The summed E-state index contributed by atoms with van der Waals surface area (Å²) in [7, 11) is 0. The topological polar surface area (TPSA) is 77.2 Å². The van der Waals surface area contributed by atoms with E-state index in [2.05, 4.69) is 46.8 Å². The van der Waals surface area contributed by atoms with Crippen LogP contribution in [0.1, 0.15) is 39.2 Å². The van der Waals surface area contributed by atoms with E-state index in [-0.39, 0.29) is 11.7 Å². The standard InChI is InChI=1S/C29H31N3O2/c1-21-25(27-19-24(33)14-15-28(27)32-21)16-18-30-20-23-12-5-6-13-26(23)29(34)31-17-8-7-11-22-9-3-2-4-10-22/h2-7,9-15,19,30,32-33H,8,16-18,20H2,1H3,(H,31,34). The molecule has 1 heterocycles. The van der Waals surface area contributed by atoms with Gasteiger partial charge in [0.1, 0.15) is 5.75 Å². The molecule has 3 aromatic carbocycles. The van der Waals surface area contributed by atoms with E-state index in [4.69, 9.17) is 0 Å². The molecule has 0 saturated carbocycles. The molecule has 0 unspecified atom stereocenters. The number of carbonyl (C=O) groups is 1. The van der Waals surface area contributed by atoms with E-state index in [9.17, 15) is 9.90 Å². The molecule has 4 rings (SSSR count). The Kier molecular flexibility index (Phi) is 7.79. The highest BCUT2D eigenvalue weighted by Crippen LogP contribution is 2.26. The third-order valence-corrected chi connectivity index (χ3v) is 5.94. The molecule has 34 heavy (non-hydrogen) atoms. The van der Waals surface area contributed by atoms with E-state index in [1.165, 1.54) is 5.56 Å². The van der Waals surface area contributed by atoms with Gasteiger partial charge < -0.3 is 20.7 Å². The number of H-pyrrole nitrogens is 1. The number of aromatic hydroxyl groups is 1. The molecule has 4 N–H and O–H groups in total. The molecule has 0 aliphatic rings. The third kappa shape index (κ3) is 5.94. The van der Waals surface area contributed by atoms with Gasteiger partial charge in [0.2, 0.25) is 0 Å². The van der Waals surface area contributed by atoms with Crippen molar-refractivity contribution in [3.63, 3.8) is 0 Å². The van der Waals surface area contributed by atoms with Crippen molar-refractivity contribution in [3.05, 3.63) is 107 Å². The molecule has 174 valence electrons. The summed E-state index contributed by atoms with van der Waals surface area (Å²) in [6, 6.07) is 23.3. The van der Waals surface area contributed by atoms with Gasteiger partial charge in [0.05, 0.1) is 0 Å². The molecule has 0 bridgehead atoms. The van der Waals surface area contributed by atoms with Gasteiger partial charge in [0, 0.05) is 35.2 Å². The van der Waals surface area contributed by atoms with Crippen molar-refractivity contribution in [3.8, 4) is 5.75 Å². The lowest BCUT2D eigenvalue weighted by molar-refractivity contribution is 0.0953. The zero-order valence-corrected chi connectivity index (χ0v) is 19.5. The van der Waals surface area contributed by atoms with Gasteiger partial charge in [-0.3, -0.25) is 4.79 Å². The van der Waals surface area contributed by atoms with Crippen LogP contribution in [0.25, 0.3) is 17.0 Å². The van der Waals surface area contributed by atoms with E-state index in [1.807, 2.05) is 54.6 Å². The minimum absolute atomic E-state index is 0.0477. The number of nitrogens with one attached hydrogen (secondary N) is 3. The summed E-state index contributed by atoms with van der Waals surface area (Å²) in [5, 5.41) is 17.4. The Balaban J connectivity index is 1.28. The van der Waals surface area contributed by atoms with Crippen LogP contribution in [0.3, 0.4) is 0 Å². The van der Waals surface area contributed by atoms with E-state index in [0.29, 0.717) is 18.7 Å². The van der Waals surface area contributed by atoms with Gasteiger partial charge in [-0.1, -0.05) is 60.7 Å². The van der Waals surface area contributed by atoms with E-state index < -0.39 is 0 Å². The van der Waals surface area contributed by atoms with Crippen LogP contribution in [0.2, 0.25) is 0 Å². The average Bonchev–Trinajstić information content (AvgIpc) is 3.16. The number of carbonyl (C=O) groups excluding carboxylic acids is 1. The smallest absolute Gasteiger partial charge is 0.251 e. The normalized spacial score (nSPS) is 11.3. The highest BCUT2D eigenvalue weighted by Gasteiger charge is 2.11. The fourth-order valence-corrected chi connectivity index (χ4v) is 4.17. The van der Waals surface area contributed by atoms with Crippen molar-refractivity contribution in [1.82, 2.24) is 15.6 Å². The first-order valence-corrected chi connectivity index (χ1v) is 11.7. The van der Waals surface area contributed by atoms with Gasteiger partial charge >= 0.3 is 0 Å². The van der Waals surface area contributed by atoms with E-state index >= 15 is 0 Å². The predicted octanol–water partition coefficient (Wildman–Crippen LogP) is 5.35. The first kappa shape index (κ1) is 23.3.